The van der Waals surface area contributed by atoms with Crippen LogP contribution in [0.4, 0.5) is 5.69 Å². The normalized spacial score (nSPS) is 16.4. The molecule has 0 spiro atoms. The third-order valence-electron chi connectivity index (χ3n) is 3.66. The average molecular weight is 342 g/mol. The molecule has 3 N–H and O–H groups in total. The Hall–Kier alpha value is -0.650. The van der Waals surface area contributed by atoms with E-state index in [4.69, 9.17) is 18.0 Å². The molecule has 0 bridgehead atoms. The fourth-order valence-electron chi connectivity index (χ4n) is 2.06. The van der Waals surface area contributed by atoms with E-state index >= 15 is 0 Å². The summed E-state index contributed by atoms with van der Waals surface area (Å²) >= 11 is 8.52. The number of hydrogen-bond acceptors (Lipinski definition) is 3. The second-order valence-corrected chi connectivity index (χ2v) is 6.48. The summed E-state index contributed by atoms with van der Waals surface area (Å²) in [7, 11) is 2.20. The van der Waals surface area contributed by atoms with Gasteiger partial charge < -0.3 is 11.1 Å². The molecular weight excluding hydrogens is 322 g/mol. The van der Waals surface area contributed by atoms with Crippen LogP contribution in [0.2, 0.25) is 0 Å². The Labute approximate surface area is 128 Å². The first-order valence-corrected chi connectivity index (χ1v) is 7.74. The van der Waals surface area contributed by atoms with Crippen molar-refractivity contribution >= 4 is 38.8 Å². The highest BCUT2D eigenvalue weighted by molar-refractivity contribution is 9.10. The highest BCUT2D eigenvalue weighted by Crippen LogP contribution is 2.28. The van der Waals surface area contributed by atoms with Crippen LogP contribution in [-0.2, 0) is 0 Å². The molecule has 1 fully saturated rings. The van der Waals surface area contributed by atoms with E-state index in [0.29, 0.717) is 11.0 Å². The van der Waals surface area contributed by atoms with Gasteiger partial charge in [-0.3, -0.25) is 4.90 Å². The van der Waals surface area contributed by atoms with E-state index in [2.05, 4.69) is 40.1 Å². The van der Waals surface area contributed by atoms with Crippen molar-refractivity contribution in [3.8, 4) is 0 Å². The van der Waals surface area contributed by atoms with Crippen molar-refractivity contribution in [1.82, 2.24) is 4.90 Å². The Bertz CT molecular complexity index is 474. The maximum absolute atomic E-state index is 5.62. The summed E-state index contributed by atoms with van der Waals surface area (Å²) in [6.07, 6.45) is 2.68. The summed E-state index contributed by atoms with van der Waals surface area (Å²) < 4.78 is 0.999. The van der Waals surface area contributed by atoms with Gasteiger partial charge in [-0.1, -0.05) is 12.2 Å². The third kappa shape index (κ3) is 3.91. The van der Waals surface area contributed by atoms with E-state index in [9.17, 15) is 0 Å². The van der Waals surface area contributed by atoms with Crippen LogP contribution in [0.1, 0.15) is 25.3 Å². The molecule has 1 aliphatic rings. The molecule has 3 nitrogen and oxygen atoms in total. The van der Waals surface area contributed by atoms with Gasteiger partial charge in [-0.25, -0.2) is 0 Å². The maximum atomic E-state index is 5.62. The number of nitrogens with two attached hydrogens (primary N) is 1. The van der Waals surface area contributed by atoms with Crippen molar-refractivity contribution in [3.05, 3.63) is 28.2 Å². The second kappa shape index (κ2) is 6.20. The van der Waals surface area contributed by atoms with Crippen LogP contribution in [0.3, 0.4) is 0 Å². The zero-order valence-electron chi connectivity index (χ0n) is 11.3. The monoisotopic (exact) mass is 341 g/mol. The van der Waals surface area contributed by atoms with Crippen LogP contribution < -0.4 is 11.1 Å². The van der Waals surface area contributed by atoms with E-state index in [1.807, 2.05) is 18.2 Å². The SMILES string of the molecule is CC(CNc1ccc(C(N)=S)cc1Br)N(C)C1CC1. The summed E-state index contributed by atoms with van der Waals surface area (Å²) in [4.78, 5) is 2.87. The smallest absolute Gasteiger partial charge is 0.104 e. The summed E-state index contributed by atoms with van der Waals surface area (Å²) in [6.45, 7) is 3.18. The Balaban J connectivity index is 1.93. The van der Waals surface area contributed by atoms with E-state index < -0.39 is 0 Å². The van der Waals surface area contributed by atoms with Crippen molar-refractivity contribution in [2.45, 2.75) is 31.8 Å². The molecule has 1 unspecified atom stereocenters. The van der Waals surface area contributed by atoms with Gasteiger partial charge in [0.05, 0.1) is 0 Å². The van der Waals surface area contributed by atoms with Crippen LogP contribution in [0.5, 0.6) is 0 Å². The van der Waals surface area contributed by atoms with Crippen LogP contribution in [0, 0.1) is 0 Å². The van der Waals surface area contributed by atoms with Gasteiger partial charge in [-0.2, -0.15) is 0 Å². The number of halogens is 1. The van der Waals surface area contributed by atoms with Gasteiger partial charge in [0.25, 0.3) is 0 Å². The van der Waals surface area contributed by atoms with Crippen LogP contribution in [0.25, 0.3) is 0 Å². The third-order valence-corrected chi connectivity index (χ3v) is 4.55. The molecule has 5 heteroatoms. The summed E-state index contributed by atoms with van der Waals surface area (Å²) in [5.74, 6) is 0. The van der Waals surface area contributed by atoms with Gasteiger partial charge >= 0.3 is 0 Å². The molecular formula is C14H20BrN3S. The first-order chi connectivity index (χ1) is 8.99. The predicted octanol–water partition coefficient (Wildman–Crippen LogP) is 2.98. The van der Waals surface area contributed by atoms with Crippen LogP contribution in [-0.4, -0.2) is 35.6 Å². The summed E-state index contributed by atoms with van der Waals surface area (Å²) in [5, 5.41) is 3.47. The molecule has 0 aromatic heterocycles. The predicted molar refractivity (Wildman–Crippen MR) is 88.8 cm³/mol. The molecule has 1 saturated carbocycles. The first kappa shape index (κ1) is 14.8. The lowest BCUT2D eigenvalue weighted by Gasteiger charge is -2.25. The number of thiocarbonyl (C=S) groups is 1. The van der Waals surface area contributed by atoms with Gasteiger partial charge in [-0.05, 0) is 60.9 Å². The average Bonchev–Trinajstić information content (AvgIpc) is 3.20. The Morgan fingerprint density at radius 1 is 1.58 bits per heavy atom. The molecule has 1 aliphatic carbocycles. The number of nitrogens with one attached hydrogen (secondary N) is 1. The molecule has 104 valence electrons. The maximum Gasteiger partial charge on any atom is 0.104 e. The topological polar surface area (TPSA) is 41.3 Å². The highest BCUT2D eigenvalue weighted by atomic mass is 79.9. The van der Waals surface area contributed by atoms with Crippen molar-refractivity contribution in [1.29, 1.82) is 0 Å². The van der Waals surface area contributed by atoms with Gasteiger partial charge in [-0.15, -0.1) is 0 Å². The fourth-order valence-corrected chi connectivity index (χ4v) is 2.70. The lowest BCUT2D eigenvalue weighted by Crippen LogP contribution is -2.36. The molecule has 1 aromatic rings. The fraction of sp³-hybridized carbons (Fsp3) is 0.500. The molecule has 0 amide bonds. The molecule has 0 saturated heterocycles. The number of anilines is 1. The molecule has 2 rings (SSSR count). The van der Waals surface area contributed by atoms with Gasteiger partial charge in [0.15, 0.2) is 0 Å². The molecule has 0 aliphatic heterocycles. The number of nitrogens with zero attached hydrogens (tertiary/aromatic N) is 1. The summed E-state index contributed by atoms with van der Waals surface area (Å²) in [5.41, 5.74) is 7.58. The largest absolute Gasteiger partial charge is 0.389 e. The number of hydrogen-bond donors (Lipinski definition) is 2. The van der Waals surface area contributed by atoms with Crippen LogP contribution in [0.15, 0.2) is 22.7 Å². The minimum atomic E-state index is 0.425. The Morgan fingerprint density at radius 3 is 2.79 bits per heavy atom. The van der Waals surface area contributed by atoms with E-state index in [1.165, 1.54) is 12.8 Å². The molecule has 0 heterocycles. The molecule has 0 radical (unpaired) electrons. The highest BCUT2D eigenvalue weighted by Gasteiger charge is 2.28. The lowest BCUT2D eigenvalue weighted by molar-refractivity contribution is 0.257. The van der Waals surface area contributed by atoms with E-state index in [0.717, 1.165) is 28.3 Å². The zero-order chi connectivity index (χ0) is 14.0. The number of benzene rings is 1. The van der Waals surface area contributed by atoms with Gasteiger partial charge in [0.1, 0.15) is 4.99 Å². The van der Waals surface area contributed by atoms with Crippen LogP contribution >= 0.6 is 28.1 Å². The number of likely N-dealkylation sites (N-methyl/N-ethyl adjacent to an activating group) is 1. The lowest BCUT2D eigenvalue weighted by atomic mass is 10.2. The second-order valence-electron chi connectivity index (χ2n) is 5.19. The first-order valence-electron chi connectivity index (χ1n) is 6.54. The standard InChI is InChI=1S/C14H20BrN3S/c1-9(18(2)11-4-5-11)8-17-13-6-3-10(14(16)19)7-12(13)15/h3,6-7,9,11,17H,4-5,8H2,1-2H3,(H2,16,19). The summed E-state index contributed by atoms with van der Waals surface area (Å²) in [6, 6.07) is 7.24. The number of rotatable bonds is 6. The minimum Gasteiger partial charge on any atom is -0.389 e. The van der Waals surface area contributed by atoms with E-state index in [1.54, 1.807) is 0 Å². The molecule has 19 heavy (non-hydrogen) atoms. The van der Waals surface area contributed by atoms with E-state index in [-0.39, 0.29) is 0 Å². The van der Waals surface area contributed by atoms with Gasteiger partial charge in [0, 0.05) is 34.4 Å². The van der Waals surface area contributed by atoms with Crippen molar-refractivity contribution in [2.24, 2.45) is 5.73 Å². The molecule has 1 aromatic carbocycles. The minimum absolute atomic E-state index is 0.425. The zero-order valence-corrected chi connectivity index (χ0v) is 13.7. The van der Waals surface area contributed by atoms with Gasteiger partial charge in [0.2, 0.25) is 0 Å². The Morgan fingerprint density at radius 2 is 2.26 bits per heavy atom. The van der Waals surface area contributed by atoms with Crippen molar-refractivity contribution in [2.75, 3.05) is 18.9 Å². The Kier molecular flexibility index (Phi) is 4.81. The molecule has 1 atom stereocenters. The quantitative estimate of drug-likeness (QED) is 0.780. The van der Waals surface area contributed by atoms with Crippen molar-refractivity contribution < 1.29 is 0 Å². The van der Waals surface area contributed by atoms with Crippen molar-refractivity contribution in [3.63, 3.8) is 0 Å².